The van der Waals surface area contributed by atoms with E-state index in [9.17, 15) is 24.0 Å². The maximum atomic E-state index is 11.9. The molecule has 0 saturated carbocycles. The van der Waals surface area contributed by atoms with E-state index < -0.39 is 35.7 Å². The normalized spacial score (nSPS) is 12.9. The van der Waals surface area contributed by atoms with Crippen LogP contribution in [0.3, 0.4) is 0 Å². The third-order valence-electron chi connectivity index (χ3n) is 3.53. The van der Waals surface area contributed by atoms with Crippen molar-refractivity contribution in [3.05, 3.63) is 0 Å². The van der Waals surface area contributed by atoms with Crippen LogP contribution in [0.25, 0.3) is 0 Å². The highest BCUT2D eigenvalue weighted by Gasteiger charge is 2.24. The quantitative estimate of drug-likeness (QED) is 0.261. The first-order valence-electron chi connectivity index (χ1n) is 8.80. The van der Waals surface area contributed by atoms with Crippen LogP contribution in [-0.2, 0) is 24.0 Å². The van der Waals surface area contributed by atoms with Gasteiger partial charge >= 0.3 is 0 Å². The zero-order chi connectivity index (χ0) is 21.0. The molecule has 27 heavy (non-hydrogen) atoms. The Morgan fingerprint density at radius 1 is 0.889 bits per heavy atom. The van der Waals surface area contributed by atoms with Gasteiger partial charge in [0.15, 0.2) is 0 Å². The first kappa shape index (κ1) is 24.5. The molecule has 4 amide bonds. The fraction of sp³-hybridized carbons (Fsp3) is 0.706. The van der Waals surface area contributed by atoms with Crippen LogP contribution >= 0.6 is 0 Å². The maximum absolute atomic E-state index is 11.9. The molecule has 0 bridgehead atoms. The van der Waals surface area contributed by atoms with Gasteiger partial charge in [-0.25, -0.2) is 0 Å². The third kappa shape index (κ3) is 11.0. The largest absolute Gasteiger partial charge is 0.347 e. The molecule has 0 aromatic heterocycles. The van der Waals surface area contributed by atoms with Gasteiger partial charge in [0.2, 0.25) is 29.9 Å². The van der Waals surface area contributed by atoms with Crippen LogP contribution in [0.15, 0.2) is 0 Å². The summed E-state index contributed by atoms with van der Waals surface area (Å²) in [5, 5.41) is 9.55. The molecule has 0 heterocycles. The van der Waals surface area contributed by atoms with E-state index in [-0.39, 0.29) is 31.5 Å². The Bertz CT molecular complexity index is 536. The van der Waals surface area contributed by atoms with E-state index in [1.807, 2.05) is 13.8 Å². The highest BCUT2D eigenvalue weighted by Crippen LogP contribution is 2.02. The summed E-state index contributed by atoms with van der Waals surface area (Å²) in [7, 11) is 0. The Balaban J connectivity index is 4.31. The maximum Gasteiger partial charge on any atom is 0.243 e. The standard InChI is InChI=1S/C17H30N5O5/c1-10(2)7-12(18)16(26)21-8-13(24)20-9-14(25)22-15(11(3)4)17(27)19-5-6-23/h10-12,15H,5,7-9,18H2,1-4H3,(H,19,27)(H,20,24)(H,21,26)(H,22,25)/t12-,15-/m0/s1. The zero-order valence-corrected chi connectivity index (χ0v) is 16.3. The number of nitrogens with one attached hydrogen (secondary N) is 4. The number of carbonyl (C=O) groups excluding carboxylic acids is 5. The van der Waals surface area contributed by atoms with Crippen molar-refractivity contribution >= 4 is 29.9 Å². The molecule has 10 nitrogen and oxygen atoms in total. The van der Waals surface area contributed by atoms with Crippen LogP contribution in [0.2, 0.25) is 0 Å². The molecule has 0 aliphatic heterocycles. The van der Waals surface area contributed by atoms with Gasteiger partial charge in [-0.1, -0.05) is 27.7 Å². The number of hydrogen-bond acceptors (Lipinski definition) is 6. The van der Waals surface area contributed by atoms with Gasteiger partial charge in [0, 0.05) is 0 Å². The summed E-state index contributed by atoms with van der Waals surface area (Å²) < 4.78 is 0. The van der Waals surface area contributed by atoms with E-state index in [2.05, 4.69) is 21.3 Å². The zero-order valence-electron chi connectivity index (χ0n) is 16.3. The van der Waals surface area contributed by atoms with Crippen LogP contribution in [0.1, 0.15) is 34.1 Å². The van der Waals surface area contributed by atoms with Crippen molar-refractivity contribution in [1.82, 2.24) is 21.3 Å². The molecule has 6 N–H and O–H groups in total. The molecular formula is C17H30N5O5. The molecule has 0 aliphatic carbocycles. The van der Waals surface area contributed by atoms with E-state index in [1.165, 1.54) is 6.29 Å². The van der Waals surface area contributed by atoms with Crippen LogP contribution in [0.5, 0.6) is 0 Å². The van der Waals surface area contributed by atoms with Crippen molar-refractivity contribution in [3.63, 3.8) is 0 Å². The van der Waals surface area contributed by atoms with Crippen molar-refractivity contribution < 1.29 is 24.0 Å². The van der Waals surface area contributed by atoms with Gasteiger partial charge in [-0.15, -0.1) is 0 Å². The summed E-state index contributed by atoms with van der Waals surface area (Å²) in [6.45, 7) is 6.38. The number of nitrogens with two attached hydrogens (primary N) is 1. The van der Waals surface area contributed by atoms with Gasteiger partial charge in [0.25, 0.3) is 0 Å². The molecular weight excluding hydrogens is 354 g/mol. The predicted octanol–water partition coefficient (Wildman–Crippen LogP) is -2.04. The summed E-state index contributed by atoms with van der Waals surface area (Å²) >= 11 is 0. The van der Waals surface area contributed by atoms with Crippen LogP contribution < -0.4 is 27.0 Å². The lowest BCUT2D eigenvalue weighted by atomic mass is 10.0. The summed E-state index contributed by atoms with van der Waals surface area (Å²) in [6, 6.07) is -1.55. The molecule has 1 radical (unpaired) electrons. The van der Waals surface area contributed by atoms with Gasteiger partial charge in [0.1, 0.15) is 6.04 Å². The predicted molar refractivity (Wildman–Crippen MR) is 98.9 cm³/mol. The van der Waals surface area contributed by atoms with E-state index >= 15 is 0 Å². The summed E-state index contributed by atoms with van der Waals surface area (Å²) in [6.07, 6.45) is 2.03. The Labute approximate surface area is 159 Å². The van der Waals surface area contributed by atoms with Crippen molar-refractivity contribution in [2.24, 2.45) is 17.6 Å². The Morgan fingerprint density at radius 2 is 1.48 bits per heavy atom. The molecule has 0 spiro atoms. The summed E-state index contributed by atoms with van der Waals surface area (Å²) in [4.78, 5) is 57.5. The molecule has 153 valence electrons. The van der Waals surface area contributed by atoms with Crippen LogP contribution in [-0.4, -0.2) is 61.6 Å². The van der Waals surface area contributed by atoms with Crippen molar-refractivity contribution in [3.8, 4) is 0 Å². The lowest BCUT2D eigenvalue weighted by Crippen LogP contribution is -2.52. The minimum absolute atomic E-state index is 0.224. The third-order valence-corrected chi connectivity index (χ3v) is 3.53. The fourth-order valence-corrected chi connectivity index (χ4v) is 2.15. The second kappa shape index (κ2) is 12.8. The van der Waals surface area contributed by atoms with Crippen molar-refractivity contribution in [1.29, 1.82) is 0 Å². The number of amides is 4. The highest BCUT2D eigenvalue weighted by molar-refractivity contribution is 5.92. The second-order valence-electron chi connectivity index (χ2n) is 6.88. The van der Waals surface area contributed by atoms with E-state index in [1.54, 1.807) is 13.8 Å². The van der Waals surface area contributed by atoms with Crippen molar-refractivity contribution in [2.45, 2.75) is 46.2 Å². The minimum atomic E-state index is -0.850. The fourth-order valence-electron chi connectivity index (χ4n) is 2.15. The van der Waals surface area contributed by atoms with Crippen molar-refractivity contribution in [2.75, 3.05) is 19.6 Å². The molecule has 0 fully saturated rings. The van der Waals surface area contributed by atoms with Crippen LogP contribution in [0, 0.1) is 11.8 Å². The highest BCUT2D eigenvalue weighted by atomic mass is 16.2. The van der Waals surface area contributed by atoms with Gasteiger partial charge in [-0.3, -0.25) is 24.0 Å². The molecule has 0 saturated heterocycles. The van der Waals surface area contributed by atoms with Gasteiger partial charge in [0.05, 0.1) is 25.7 Å². The van der Waals surface area contributed by atoms with Crippen LogP contribution in [0.4, 0.5) is 0 Å². The Kier molecular flexibility index (Phi) is 11.6. The van der Waals surface area contributed by atoms with Gasteiger partial charge in [-0.2, -0.15) is 0 Å². The van der Waals surface area contributed by atoms with E-state index in [0.29, 0.717) is 6.42 Å². The molecule has 10 heteroatoms. The van der Waals surface area contributed by atoms with E-state index in [0.717, 1.165) is 0 Å². The minimum Gasteiger partial charge on any atom is -0.347 e. The number of rotatable bonds is 12. The van der Waals surface area contributed by atoms with Gasteiger partial charge in [-0.05, 0) is 18.3 Å². The first-order chi connectivity index (χ1) is 12.6. The Hall–Kier alpha value is -2.49. The summed E-state index contributed by atoms with van der Waals surface area (Å²) in [5.74, 6) is -2.06. The summed E-state index contributed by atoms with van der Waals surface area (Å²) in [5.41, 5.74) is 5.70. The molecule has 0 rings (SSSR count). The molecule has 0 aromatic rings. The molecule has 0 aromatic carbocycles. The monoisotopic (exact) mass is 384 g/mol. The average molecular weight is 384 g/mol. The van der Waals surface area contributed by atoms with E-state index in [4.69, 9.17) is 5.73 Å². The molecule has 0 unspecified atom stereocenters. The average Bonchev–Trinajstić information content (AvgIpc) is 2.59. The second-order valence-corrected chi connectivity index (χ2v) is 6.88. The SMILES string of the molecule is CC(C)C[C@H](N)C(=O)NCC(=O)NCC(=O)N[C@H](C(=O)NC[C]=O)C(C)C. The smallest absolute Gasteiger partial charge is 0.243 e. The Morgan fingerprint density at radius 3 is 2.00 bits per heavy atom. The number of hydrogen-bond donors (Lipinski definition) is 5. The lowest BCUT2D eigenvalue weighted by Gasteiger charge is -2.21. The molecule has 0 aliphatic rings. The lowest BCUT2D eigenvalue weighted by molar-refractivity contribution is -0.131. The van der Waals surface area contributed by atoms with Gasteiger partial charge < -0.3 is 27.0 Å². The molecule has 2 atom stereocenters. The topological polar surface area (TPSA) is 159 Å². The first-order valence-corrected chi connectivity index (χ1v) is 8.80. The number of carbonyl (C=O) groups is 4.